The highest BCUT2D eigenvalue weighted by molar-refractivity contribution is 5.71. The van der Waals surface area contributed by atoms with Crippen LogP contribution in [-0.4, -0.2) is 37.1 Å². The second kappa shape index (κ2) is 4.14. The molecule has 0 spiro atoms. The van der Waals surface area contributed by atoms with E-state index in [2.05, 4.69) is 48.9 Å². The molecule has 3 aliphatic rings. The summed E-state index contributed by atoms with van der Waals surface area (Å²) in [5.41, 5.74) is 2.86. The lowest BCUT2D eigenvalue weighted by Crippen LogP contribution is -2.49. The summed E-state index contributed by atoms with van der Waals surface area (Å²) >= 11 is 0. The highest BCUT2D eigenvalue weighted by atomic mass is 16.5. The van der Waals surface area contributed by atoms with E-state index < -0.39 is 0 Å². The third-order valence-corrected chi connectivity index (χ3v) is 5.36. The summed E-state index contributed by atoms with van der Waals surface area (Å²) in [4.78, 5) is 5.03. The monoisotopic (exact) mass is 272 g/mol. The van der Waals surface area contributed by atoms with Gasteiger partial charge in [-0.1, -0.05) is 6.07 Å². The summed E-state index contributed by atoms with van der Waals surface area (Å²) in [5.74, 6) is 1.12. The van der Waals surface area contributed by atoms with Crippen molar-refractivity contribution in [2.75, 3.05) is 25.0 Å². The first-order valence-corrected chi connectivity index (χ1v) is 7.90. The SMILES string of the molecule is CC(C)N1CC2(CC3CCCN3C)Oc3cccc1c32. The highest BCUT2D eigenvalue weighted by Crippen LogP contribution is 2.57. The van der Waals surface area contributed by atoms with E-state index in [1.54, 1.807) is 0 Å². The van der Waals surface area contributed by atoms with Crippen LogP contribution < -0.4 is 9.64 Å². The number of benzene rings is 1. The van der Waals surface area contributed by atoms with Gasteiger partial charge < -0.3 is 14.5 Å². The quantitative estimate of drug-likeness (QED) is 0.841. The van der Waals surface area contributed by atoms with Gasteiger partial charge in [0.2, 0.25) is 0 Å². The molecule has 0 saturated carbocycles. The fourth-order valence-corrected chi connectivity index (χ4v) is 4.28. The van der Waals surface area contributed by atoms with Gasteiger partial charge in [0, 0.05) is 24.2 Å². The summed E-state index contributed by atoms with van der Waals surface area (Å²) in [7, 11) is 2.26. The zero-order chi connectivity index (χ0) is 13.9. The van der Waals surface area contributed by atoms with E-state index in [9.17, 15) is 0 Å². The molecular weight excluding hydrogens is 248 g/mol. The first-order chi connectivity index (χ1) is 9.61. The van der Waals surface area contributed by atoms with Gasteiger partial charge in [-0.05, 0) is 52.4 Å². The van der Waals surface area contributed by atoms with Crippen molar-refractivity contribution in [3.63, 3.8) is 0 Å². The Kier molecular flexibility index (Phi) is 2.59. The average molecular weight is 272 g/mol. The van der Waals surface area contributed by atoms with Gasteiger partial charge in [-0.2, -0.15) is 0 Å². The fraction of sp³-hybridized carbons (Fsp3) is 0.647. The molecule has 2 unspecified atom stereocenters. The van der Waals surface area contributed by atoms with Crippen LogP contribution >= 0.6 is 0 Å². The molecule has 20 heavy (non-hydrogen) atoms. The molecule has 0 aromatic heterocycles. The van der Waals surface area contributed by atoms with E-state index in [0.717, 1.165) is 18.7 Å². The zero-order valence-corrected chi connectivity index (χ0v) is 12.7. The van der Waals surface area contributed by atoms with Crippen LogP contribution in [0.25, 0.3) is 0 Å². The van der Waals surface area contributed by atoms with E-state index in [4.69, 9.17) is 4.74 Å². The Bertz CT molecular complexity index is 542. The van der Waals surface area contributed by atoms with E-state index >= 15 is 0 Å². The van der Waals surface area contributed by atoms with Crippen LogP contribution in [0.15, 0.2) is 18.2 Å². The lowest BCUT2D eigenvalue weighted by atomic mass is 9.83. The molecule has 3 heteroatoms. The molecule has 3 nitrogen and oxygen atoms in total. The van der Waals surface area contributed by atoms with Crippen LogP contribution in [-0.2, 0) is 5.60 Å². The van der Waals surface area contributed by atoms with Gasteiger partial charge >= 0.3 is 0 Å². The normalized spacial score (nSPS) is 31.4. The van der Waals surface area contributed by atoms with Crippen LogP contribution in [0.3, 0.4) is 0 Å². The van der Waals surface area contributed by atoms with E-state index in [-0.39, 0.29) is 5.60 Å². The Balaban J connectivity index is 1.68. The number of rotatable bonds is 3. The number of hydrogen-bond donors (Lipinski definition) is 0. The van der Waals surface area contributed by atoms with Gasteiger partial charge in [-0.25, -0.2) is 0 Å². The molecule has 0 amide bonds. The van der Waals surface area contributed by atoms with Gasteiger partial charge in [-0.3, -0.25) is 0 Å². The predicted molar refractivity (Wildman–Crippen MR) is 81.5 cm³/mol. The summed E-state index contributed by atoms with van der Waals surface area (Å²) in [6, 6.07) is 7.73. The summed E-state index contributed by atoms with van der Waals surface area (Å²) in [5, 5.41) is 0. The molecule has 1 saturated heterocycles. The fourth-order valence-electron chi connectivity index (χ4n) is 4.28. The van der Waals surface area contributed by atoms with E-state index in [1.165, 1.54) is 30.6 Å². The molecule has 0 aliphatic carbocycles. The number of likely N-dealkylation sites (tertiary alicyclic amines) is 1. The maximum atomic E-state index is 6.30. The number of hydrogen-bond acceptors (Lipinski definition) is 3. The maximum Gasteiger partial charge on any atom is 0.158 e. The van der Waals surface area contributed by atoms with Gasteiger partial charge in [0.25, 0.3) is 0 Å². The lowest BCUT2D eigenvalue weighted by molar-refractivity contribution is 0.00330. The van der Waals surface area contributed by atoms with Crippen molar-refractivity contribution in [3.05, 3.63) is 23.8 Å². The molecule has 3 aliphatic heterocycles. The van der Waals surface area contributed by atoms with Gasteiger partial charge in [0.05, 0.1) is 12.1 Å². The number of anilines is 1. The Morgan fingerprint density at radius 3 is 2.95 bits per heavy atom. The van der Waals surface area contributed by atoms with Crippen molar-refractivity contribution < 1.29 is 4.74 Å². The van der Waals surface area contributed by atoms with E-state index in [1.807, 2.05) is 0 Å². The maximum absolute atomic E-state index is 6.30. The first-order valence-electron chi connectivity index (χ1n) is 7.90. The molecule has 0 radical (unpaired) electrons. The van der Waals surface area contributed by atoms with Crippen molar-refractivity contribution in [1.29, 1.82) is 0 Å². The third kappa shape index (κ3) is 1.56. The molecule has 0 N–H and O–H groups in total. The summed E-state index contributed by atoms with van der Waals surface area (Å²) < 4.78 is 6.30. The van der Waals surface area contributed by atoms with Gasteiger partial charge in [-0.15, -0.1) is 0 Å². The van der Waals surface area contributed by atoms with Gasteiger partial charge in [0.15, 0.2) is 5.60 Å². The molecule has 108 valence electrons. The van der Waals surface area contributed by atoms with Gasteiger partial charge in [0.1, 0.15) is 5.75 Å². The van der Waals surface area contributed by atoms with Crippen molar-refractivity contribution in [2.24, 2.45) is 0 Å². The number of ether oxygens (including phenoxy) is 1. The van der Waals surface area contributed by atoms with Crippen LogP contribution in [0.4, 0.5) is 5.69 Å². The molecule has 1 fully saturated rings. The van der Waals surface area contributed by atoms with Crippen molar-refractivity contribution in [3.8, 4) is 5.75 Å². The summed E-state index contributed by atoms with van der Waals surface area (Å²) in [6.07, 6.45) is 3.80. The Morgan fingerprint density at radius 1 is 1.40 bits per heavy atom. The standard InChI is InChI=1S/C17H24N2O/c1-12(2)19-11-17(10-13-6-5-9-18(13)3)16-14(19)7-4-8-15(16)20-17/h4,7-8,12-13H,5-6,9-11H2,1-3H3. The largest absolute Gasteiger partial charge is 0.480 e. The highest BCUT2D eigenvalue weighted by Gasteiger charge is 2.55. The minimum Gasteiger partial charge on any atom is -0.480 e. The summed E-state index contributed by atoms with van der Waals surface area (Å²) in [6.45, 7) is 6.82. The average Bonchev–Trinajstić information content (AvgIpc) is 2.91. The van der Waals surface area contributed by atoms with Crippen LogP contribution in [0.5, 0.6) is 5.75 Å². The zero-order valence-electron chi connectivity index (χ0n) is 12.7. The van der Waals surface area contributed by atoms with Crippen LogP contribution in [0.2, 0.25) is 0 Å². The first kappa shape index (κ1) is 12.5. The predicted octanol–water partition coefficient (Wildman–Crippen LogP) is 2.99. The lowest BCUT2D eigenvalue weighted by Gasteiger charge is -2.43. The molecule has 2 atom stereocenters. The van der Waals surface area contributed by atoms with Crippen molar-refractivity contribution in [2.45, 2.75) is 50.8 Å². The Hall–Kier alpha value is -1.22. The topological polar surface area (TPSA) is 15.7 Å². The van der Waals surface area contributed by atoms with Crippen LogP contribution in [0, 0.1) is 0 Å². The second-order valence-corrected chi connectivity index (χ2v) is 6.95. The van der Waals surface area contributed by atoms with Crippen molar-refractivity contribution >= 4 is 5.69 Å². The minimum absolute atomic E-state index is 0.0283. The smallest absolute Gasteiger partial charge is 0.158 e. The molecular formula is C17H24N2O. The van der Waals surface area contributed by atoms with Crippen LogP contribution in [0.1, 0.15) is 38.7 Å². The molecule has 4 rings (SSSR count). The number of nitrogens with zero attached hydrogens (tertiary/aromatic N) is 2. The molecule has 0 bridgehead atoms. The Morgan fingerprint density at radius 2 is 2.25 bits per heavy atom. The Labute approximate surface area is 121 Å². The molecule has 1 aromatic carbocycles. The second-order valence-electron chi connectivity index (χ2n) is 6.95. The molecule has 1 aromatic rings. The molecule has 3 heterocycles. The van der Waals surface area contributed by atoms with Crippen molar-refractivity contribution in [1.82, 2.24) is 4.90 Å². The third-order valence-electron chi connectivity index (χ3n) is 5.36. The minimum atomic E-state index is -0.0283. The van der Waals surface area contributed by atoms with E-state index in [0.29, 0.717) is 12.1 Å².